The number of benzene rings is 1. The van der Waals surface area contributed by atoms with Crippen molar-refractivity contribution in [2.24, 2.45) is 5.92 Å². The fourth-order valence-corrected chi connectivity index (χ4v) is 1.43. The fraction of sp³-hybridized carbons (Fsp3) is 0.417. The second kappa shape index (κ2) is 5.98. The molecule has 0 aliphatic heterocycles. The summed E-state index contributed by atoms with van der Waals surface area (Å²) in [5.74, 6) is -1.24. The van der Waals surface area contributed by atoms with Crippen LogP contribution in [0.25, 0.3) is 0 Å². The van der Waals surface area contributed by atoms with Crippen LogP contribution >= 0.6 is 11.6 Å². The maximum Gasteiger partial charge on any atom is 0.254 e. The van der Waals surface area contributed by atoms with Gasteiger partial charge in [0.2, 0.25) is 0 Å². The van der Waals surface area contributed by atoms with E-state index in [1.54, 1.807) is 13.8 Å². The highest BCUT2D eigenvalue weighted by Gasteiger charge is 2.17. The van der Waals surface area contributed by atoms with Crippen LogP contribution in [0.2, 0.25) is 5.02 Å². The average Bonchev–Trinajstić information content (AvgIpc) is 2.30. The summed E-state index contributed by atoms with van der Waals surface area (Å²) in [5.41, 5.74) is -0.0884. The molecule has 0 radical (unpaired) electrons. The monoisotopic (exact) mass is 259 g/mol. The summed E-state index contributed by atoms with van der Waals surface area (Å²) >= 11 is 5.70. The first kappa shape index (κ1) is 13.9. The van der Waals surface area contributed by atoms with Gasteiger partial charge in [-0.05, 0) is 31.0 Å². The van der Waals surface area contributed by atoms with E-state index in [2.05, 4.69) is 5.32 Å². The Labute approximate surface area is 105 Å². The first-order valence-electron chi connectivity index (χ1n) is 5.32. The van der Waals surface area contributed by atoms with E-state index in [4.69, 9.17) is 16.7 Å². The lowest BCUT2D eigenvalue weighted by atomic mass is 10.0. The zero-order chi connectivity index (χ0) is 13.0. The Morgan fingerprint density at radius 3 is 2.76 bits per heavy atom. The molecular formula is C12H15ClFNO2. The van der Waals surface area contributed by atoms with Crippen LogP contribution < -0.4 is 5.32 Å². The van der Waals surface area contributed by atoms with E-state index in [-0.39, 0.29) is 24.1 Å². The van der Waals surface area contributed by atoms with Crippen LogP contribution in [0.1, 0.15) is 24.2 Å². The SMILES string of the molecule is CC(CO)C(C)NC(=O)c1cc(Cl)ccc1F. The number of carbonyl (C=O) groups excluding carboxylic acids is 1. The van der Waals surface area contributed by atoms with Crippen LogP contribution in [0.5, 0.6) is 0 Å². The predicted octanol–water partition coefficient (Wildman–Crippen LogP) is 2.23. The standard InChI is InChI=1S/C12H15ClFNO2/c1-7(6-16)8(2)15-12(17)10-5-9(13)3-4-11(10)14/h3-5,7-8,16H,6H2,1-2H3,(H,15,17). The minimum atomic E-state index is -0.615. The number of hydrogen-bond acceptors (Lipinski definition) is 2. The van der Waals surface area contributed by atoms with Gasteiger partial charge in [-0.15, -0.1) is 0 Å². The molecule has 2 N–H and O–H groups in total. The molecule has 0 aliphatic rings. The van der Waals surface area contributed by atoms with Crippen LogP contribution in [-0.4, -0.2) is 23.7 Å². The largest absolute Gasteiger partial charge is 0.396 e. The van der Waals surface area contributed by atoms with E-state index in [0.717, 1.165) is 6.07 Å². The summed E-state index contributed by atoms with van der Waals surface area (Å²) in [5, 5.41) is 11.9. The second-order valence-corrected chi connectivity index (χ2v) is 4.48. The molecule has 1 aromatic rings. The smallest absolute Gasteiger partial charge is 0.254 e. The van der Waals surface area contributed by atoms with Gasteiger partial charge in [0.15, 0.2) is 0 Å². The number of hydrogen-bond donors (Lipinski definition) is 2. The number of aliphatic hydroxyl groups excluding tert-OH is 1. The van der Waals surface area contributed by atoms with Crippen LogP contribution in [-0.2, 0) is 0 Å². The van der Waals surface area contributed by atoms with E-state index in [1.807, 2.05) is 0 Å². The molecule has 0 saturated carbocycles. The van der Waals surface area contributed by atoms with Crippen molar-refractivity contribution in [3.8, 4) is 0 Å². The molecule has 1 amide bonds. The highest BCUT2D eigenvalue weighted by atomic mass is 35.5. The Balaban J connectivity index is 2.79. The first-order chi connectivity index (χ1) is 7.95. The third-order valence-corrected chi connectivity index (χ3v) is 2.91. The topological polar surface area (TPSA) is 49.3 Å². The molecule has 0 spiro atoms. The van der Waals surface area contributed by atoms with Gasteiger partial charge < -0.3 is 10.4 Å². The van der Waals surface area contributed by atoms with Crippen molar-refractivity contribution in [3.63, 3.8) is 0 Å². The van der Waals surface area contributed by atoms with Crippen molar-refractivity contribution in [2.45, 2.75) is 19.9 Å². The number of rotatable bonds is 4. The van der Waals surface area contributed by atoms with Crippen LogP contribution in [0.3, 0.4) is 0 Å². The van der Waals surface area contributed by atoms with E-state index in [0.29, 0.717) is 5.02 Å². The number of carbonyl (C=O) groups is 1. The molecule has 2 unspecified atom stereocenters. The number of nitrogens with one attached hydrogen (secondary N) is 1. The minimum absolute atomic E-state index is 0.0422. The van der Waals surface area contributed by atoms with Crippen LogP contribution in [0.15, 0.2) is 18.2 Å². The molecule has 0 heterocycles. The third-order valence-electron chi connectivity index (χ3n) is 2.67. The maximum atomic E-state index is 13.4. The maximum absolute atomic E-state index is 13.4. The summed E-state index contributed by atoms with van der Waals surface area (Å²) < 4.78 is 13.4. The molecule has 5 heteroatoms. The van der Waals surface area contributed by atoms with Gasteiger partial charge in [0.25, 0.3) is 5.91 Å². The molecule has 2 atom stereocenters. The van der Waals surface area contributed by atoms with Crippen molar-refractivity contribution in [2.75, 3.05) is 6.61 Å². The van der Waals surface area contributed by atoms with Gasteiger partial charge in [-0.25, -0.2) is 4.39 Å². The zero-order valence-corrected chi connectivity index (χ0v) is 10.5. The molecule has 3 nitrogen and oxygen atoms in total. The molecule has 17 heavy (non-hydrogen) atoms. The van der Waals surface area contributed by atoms with Gasteiger partial charge in [0.1, 0.15) is 5.82 Å². The molecule has 0 aliphatic carbocycles. The highest BCUT2D eigenvalue weighted by molar-refractivity contribution is 6.31. The molecule has 0 saturated heterocycles. The Morgan fingerprint density at radius 1 is 1.53 bits per heavy atom. The van der Waals surface area contributed by atoms with Crippen molar-refractivity contribution < 1.29 is 14.3 Å². The van der Waals surface area contributed by atoms with Crippen molar-refractivity contribution in [1.29, 1.82) is 0 Å². The quantitative estimate of drug-likeness (QED) is 0.871. The summed E-state index contributed by atoms with van der Waals surface area (Å²) in [6.45, 7) is 3.50. The molecule has 0 bridgehead atoms. The average molecular weight is 260 g/mol. The molecule has 0 aromatic heterocycles. The summed E-state index contributed by atoms with van der Waals surface area (Å²) in [6, 6.07) is 3.57. The summed E-state index contributed by atoms with van der Waals surface area (Å²) in [4.78, 5) is 11.8. The zero-order valence-electron chi connectivity index (χ0n) is 9.71. The van der Waals surface area contributed by atoms with Gasteiger partial charge in [-0.3, -0.25) is 4.79 Å². The van der Waals surface area contributed by atoms with Gasteiger partial charge >= 0.3 is 0 Å². The van der Waals surface area contributed by atoms with Crippen molar-refractivity contribution in [3.05, 3.63) is 34.6 Å². The summed E-state index contributed by atoms with van der Waals surface area (Å²) in [6.07, 6.45) is 0. The third kappa shape index (κ3) is 3.68. The molecule has 1 rings (SSSR count). The molecular weight excluding hydrogens is 245 g/mol. The van der Waals surface area contributed by atoms with Crippen molar-refractivity contribution >= 4 is 17.5 Å². The summed E-state index contributed by atoms with van der Waals surface area (Å²) in [7, 11) is 0. The van der Waals surface area contributed by atoms with Crippen molar-refractivity contribution in [1.82, 2.24) is 5.32 Å². The molecule has 1 aromatic carbocycles. The normalized spacial score (nSPS) is 14.2. The van der Waals surface area contributed by atoms with Gasteiger partial charge in [-0.2, -0.15) is 0 Å². The van der Waals surface area contributed by atoms with E-state index in [9.17, 15) is 9.18 Å². The number of aliphatic hydroxyl groups is 1. The van der Waals surface area contributed by atoms with E-state index >= 15 is 0 Å². The van der Waals surface area contributed by atoms with Gasteiger partial charge in [-0.1, -0.05) is 18.5 Å². The number of amides is 1. The predicted molar refractivity (Wildman–Crippen MR) is 64.6 cm³/mol. The number of halogens is 2. The minimum Gasteiger partial charge on any atom is -0.396 e. The lowest BCUT2D eigenvalue weighted by molar-refractivity contribution is 0.0912. The molecule has 0 fully saturated rings. The fourth-order valence-electron chi connectivity index (χ4n) is 1.26. The van der Waals surface area contributed by atoms with E-state index < -0.39 is 11.7 Å². The lowest BCUT2D eigenvalue weighted by Gasteiger charge is -2.19. The molecule has 94 valence electrons. The van der Waals surface area contributed by atoms with Gasteiger partial charge in [0.05, 0.1) is 5.56 Å². The van der Waals surface area contributed by atoms with Gasteiger partial charge in [0, 0.05) is 17.7 Å². The van der Waals surface area contributed by atoms with Crippen LogP contribution in [0.4, 0.5) is 4.39 Å². The Bertz CT molecular complexity index is 411. The highest BCUT2D eigenvalue weighted by Crippen LogP contribution is 2.15. The Morgan fingerprint density at radius 2 is 2.18 bits per heavy atom. The Kier molecular flexibility index (Phi) is 4.90. The van der Waals surface area contributed by atoms with E-state index in [1.165, 1.54) is 12.1 Å². The lowest BCUT2D eigenvalue weighted by Crippen LogP contribution is -2.38. The van der Waals surface area contributed by atoms with Crippen LogP contribution in [0, 0.1) is 11.7 Å². The Hall–Kier alpha value is -1.13. The second-order valence-electron chi connectivity index (χ2n) is 4.05. The first-order valence-corrected chi connectivity index (χ1v) is 5.70.